The number of rotatable bonds is 4. The summed E-state index contributed by atoms with van der Waals surface area (Å²) in [5, 5.41) is 2.87. The summed E-state index contributed by atoms with van der Waals surface area (Å²) in [4.78, 5) is 27.8. The number of amides is 2. The number of halogens is 1. The number of likely N-dealkylation sites (tertiary alicyclic amines) is 1. The lowest BCUT2D eigenvalue weighted by Crippen LogP contribution is -2.41. The van der Waals surface area contributed by atoms with E-state index in [9.17, 15) is 9.59 Å². The van der Waals surface area contributed by atoms with Gasteiger partial charge in [-0.2, -0.15) is 0 Å². The second-order valence-electron chi connectivity index (χ2n) is 6.90. The summed E-state index contributed by atoms with van der Waals surface area (Å²) in [5.41, 5.74) is 1.00. The van der Waals surface area contributed by atoms with Crippen LogP contribution in [0.4, 0.5) is 0 Å². The highest BCUT2D eigenvalue weighted by atomic mass is 35.5. The van der Waals surface area contributed by atoms with Gasteiger partial charge in [0.2, 0.25) is 6.79 Å². The predicted octanol–water partition coefficient (Wildman–Crippen LogP) is 3.77. The highest BCUT2D eigenvalue weighted by Crippen LogP contribution is 2.41. The van der Waals surface area contributed by atoms with E-state index in [1.165, 1.54) is 0 Å². The summed E-state index contributed by atoms with van der Waals surface area (Å²) in [7, 11) is 0. The molecule has 0 aromatic heterocycles. The quantitative estimate of drug-likeness (QED) is 0.776. The molecule has 6 nitrogen and oxygen atoms in total. The molecule has 150 valence electrons. The van der Waals surface area contributed by atoms with Crippen LogP contribution in [0.1, 0.15) is 35.2 Å². The molecule has 1 N–H and O–H groups in total. The summed E-state index contributed by atoms with van der Waals surface area (Å²) in [6.45, 7) is 1.36. The molecule has 0 saturated carbocycles. The molecule has 2 aromatic rings. The SMILES string of the molecule is O=C(N/C(C(=O)N1CCCCC1)=C(\Cl)c1cccc2c1OCO2)c1ccccc1. The summed E-state index contributed by atoms with van der Waals surface area (Å²) >= 11 is 6.68. The van der Waals surface area contributed by atoms with Gasteiger partial charge in [0.15, 0.2) is 11.5 Å². The van der Waals surface area contributed by atoms with Gasteiger partial charge in [0, 0.05) is 24.2 Å². The van der Waals surface area contributed by atoms with Crippen LogP contribution in [0.25, 0.3) is 5.03 Å². The number of carbonyl (C=O) groups excluding carboxylic acids is 2. The van der Waals surface area contributed by atoms with Gasteiger partial charge < -0.3 is 19.7 Å². The molecule has 0 bridgehead atoms. The average molecular weight is 413 g/mol. The molecule has 0 aliphatic carbocycles. The zero-order valence-corrected chi connectivity index (χ0v) is 16.6. The lowest BCUT2D eigenvalue weighted by Gasteiger charge is -2.28. The first kappa shape index (κ1) is 19.3. The van der Waals surface area contributed by atoms with Crippen molar-refractivity contribution in [2.24, 2.45) is 0 Å². The fraction of sp³-hybridized carbons (Fsp3) is 0.273. The zero-order chi connectivity index (χ0) is 20.2. The van der Waals surface area contributed by atoms with Gasteiger partial charge in [0.1, 0.15) is 5.70 Å². The number of hydrogen-bond donors (Lipinski definition) is 1. The van der Waals surface area contributed by atoms with Crippen molar-refractivity contribution in [2.75, 3.05) is 19.9 Å². The van der Waals surface area contributed by atoms with Crippen LogP contribution in [0.3, 0.4) is 0 Å². The summed E-state index contributed by atoms with van der Waals surface area (Å²) in [5.74, 6) is 0.333. The van der Waals surface area contributed by atoms with Crippen LogP contribution in [0, 0.1) is 0 Å². The van der Waals surface area contributed by atoms with Crippen molar-refractivity contribution in [1.29, 1.82) is 0 Å². The van der Waals surface area contributed by atoms with Crippen molar-refractivity contribution in [1.82, 2.24) is 10.2 Å². The van der Waals surface area contributed by atoms with Crippen LogP contribution in [-0.2, 0) is 4.79 Å². The molecular formula is C22H21ClN2O4. The van der Waals surface area contributed by atoms with E-state index in [1.54, 1.807) is 47.4 Å². The topological polar surface area (TPSA) is 67.9 Å². The lowest BCUT2D eigenvalue weighted by molar-refractivity contribution is -0.128. The van der Waals surface area contributed by atoms with Crippen LogP contribution in [0.5, 0.6) is 11.5 Å². The molecule has 29 heavy (non-hydrogen) atoms. The van der Waals surface area contributed by atoms with E-state index in [-0.39, 0.29) is 23.4 Å². The molecule has 2 aliphatic heterocycles. The maximum atomic E-state index is 13.3. The van der Waals surface area contributed by atoms with Crippen molar-refractivity contribution < 1.29 is 19.1 Å². The third-order valence-corrected chi connectivity index (χ3v) is 5.38. The van der Waals surface area contributed by atoms with E-state index in [4.69, 9.17) is 21.1 Å². The maximum absolute atomic E-state index is 13.3. The number of ether oxygens (including phenoxy) is 2. The number of nitrogens with zero attached hydrogens (tertiary/aromatic N) is 1. The van der Waals surface area contributed by atoms with Crippen molar-refractivity contribution >= 4 is 28.4 Å². The van der Waals surface area contributed by atoms with Crippen LogP contribution in [0.2, 0.25) is 0 Å². The first-order chi connectivity index (χ1) is 14.1. The predicted molar refractivity (Wildman–Crippen MR) is 110 cm³/mol. The number of carbonyl (C=O) groups is 2. The van der Waals surface area contributed by atoms with Crippen LogP contribution in [0.15, 0.2) is 54.2 Å². The molecule has 0 spiro atoms. The smallest absolute Gasteiger partial charge is 0.271 e. The van der Waals surface area contributed by atoms with Gasteiger partial charge in [0.25, 0.3) is 11.8 Å². The minimum Gasteiger partial charge on any atom is -0.454 e. The van der Waals surface area contributed by atoms with E-state index in [2.05, 4.69) is 5.32 Å². The highest BCUT2D eigenvalue weighted by molar-refractivity contribution is 6.51. The second-order valence-corrected chi connectivity index (χ2v) is 7.28. The van der Waals surface area contributed by atoms with E-state index in [0.29, 0.717) is 35.7 Å². The Kier molecular flexibility index (Phi) is 5.71. The van der Waals surface area contributed by atoms with Gasteiger partial charge in [-0.1, -0.05) is 35.9 Å². The number of hydrogen-bond acceptors (Lipinski definition) is 4. The number of benzene rings is 2. The molecule has 2 aliphatic rings. The van der Waals surface area contributed by atoms with Crippen molar-refractivity contribution in [2.45, 2.75) is 19.3 Å². The minimum atomic E-state index is -0.395. The lowest BCUT2D eigenvalue weighted by atomic mass is 10.1. The Balaban J connectivity index is 1.73. The van der Waals surface area contributed by atoms with Crippen LogP contribution in [-0.4, -0.2) is 36.6 Å². The fourth-order valence-corrected chi connectivity index (χ4v) is 3.75. The number of fused-ring (bicyclic) bond motifs is 1. The first-order valence-electron chi connectivity index (χ1n) is 9.59. The second kappa shape index (κ2) is 8.57. The van der Waals surface area contributed by atoms with Crippen LogP contribution < -0.4 is 14.8 Å². The first-order valence-corrected chi connectivity index (χ1v) is 9.97. The normalized spacial score (nSPS) is 16.2. The van der Waals surface area contributed by atoms with E-state index >= 15 is 0 Å². The summed E-state index contributed by atoms with van der Waals surface area (Å²) in [6, 6.07) is 14.0. The molecular weight excluding hydrogens is 392 g/mol. The van der Waals surface area contributed by atoms with E-state index < -0.39 is 5.91 Å². The molecule has 7 heteroatoms. The molecule has 0 unspecified atom stereocenters. The number of nitrogens with one attached hydrogen (secondary N) is 1. The third-order valence-electron chi connectivity index (χ3n) is 4.98. The Bertz CT molecular complexity index is 953. The van der Waals surface area contributed by atoms with E-state index in [0.717, 1.165) is 19.3 Å². The van der Waals surface area contributed by atoms with Gasteiger partial charge >= 0.3 is 0 Å². The summed E-state index contributed by atoms with van der Waals surface area (Å²) in [6.07, 6.45) is 2.95. The van der Waals surface area contributed by atoms with E-state index in [1.807, 2.05) is 6.07 Å². The van der Waals surface area contributed by atoms with Gasteiger partial charge in [0.05, 0.1) is 5.03 Å². The fourth-order valence-electron chi connectivity index (χ4n) is 3.47. The van der Waals surface area contributed by atoms with Crippen LogP contribution >= 0.6 is 11.6 Å². The monoisotopic (exact) mass is 412 g/mol. The maximum Gasteiger partial charge on any atom is 0.271 e. The van der Waals surface area contributed by atoms with Gasteiger partial charge in [-0.25, -0.2) is 0 Å². The number of piperidine rings is 1. The third kappa shape index (κ3) is 4.07. The minimum absolute atomic E-state index is 0.0475. The Hall–Kier alpha value is -2.99. The molecule has 2 amide bonds. The van der Waals surface area contributed by atoms with Crippen molar-refractivity contribution in [3.63, 3.8) is 0 Å². The molecule has 1 saturated heterocycles. The largest absolute Gasteiger partial charge is 0.454 e. The molecule has 2 aromatic carbocycles. The van der Waals surface area contributed by atoms with Gasteiger partial charge in [-0.05, 0) is 43.5 Å². The standard InChI is InChI=1S/C22H21ClN2O4/c23-18(16-10-7-11-17-20(16)29-14-28-17)19(22(27)25-12-5-2-6-13-25)24-21(26)15-8-3-1-4-9-15/h1,3-4,7-11H,2,5-6,12-14H2,(H,24,26)/b19-18-. The van der Waals surface area contributed by atoms with Gasteiger partial charge in [-0.15, -0.1) is 0 Å². The average Bonchev–Trinajstić information content (AvgIpc) is 3.26. The van der Waals surface area contributed by atoms with Crippen molar-refractivity contribution in [3.05, 3.63) is 65.4 Å². The van der Waals surface area contributed by atoms with Crippen molar-refractivity contribution in [3.8, 4) is 11.5 Å². The zero-order valence-electron chi connectivity index (χ0n) is 15.8. The molecule has 1 fully saturated rings. The molecule has 2 heterocycles. The molecule has 0 atom stereocenters. The molecule has 4 rings (SSSR count). The Labute approximate surface area is 174 Å². The molecule has 0 radical (unpaired) electrons. The Morgan fingerprint density at radius 2 is 1.69 bits per heavy atom. The summed E-state index contributed by atoms with van der Waals surface area (Å²) < 4.78 is 10.9. The van der Waals surface area contributed by atoms with Gasteiger partial charge in [-0.3, -0.25) is 9.59 Å². The Morgan fingerprint density at radius 3 is 2.45 bits per heavy atom. The Morgan fingerprint density at radius 1 is 0.931 bits per heavy atom. The number of para-hydroxylation sites is 1. The highest BCUT2D eigenvalue weighted by Gasteiger charge is 2.28.